The van der Waals surface area contributed by atoms with Crippen molar-refractivity contribution in [3.05, 3.63) is 75.1 Å². The van der Waals surface area contributed by atoms with Crippen LogP contribution in [0.4, 0.5) is 0 Å². The van der Waals surface area contributed by atoms with Gasteiger partial charge >= 0.3 is 0 Å². The lowest BCUT2D eigenvalue weighted by Gasteiger charge is -2.32. The molecule has 3 rings (SSSR count). The molecule has 5 nitrogen and oxygen atoms in total. The fourth-order valence-electron chi connectivity index (χ4n) is 3.39. The van der Waals surface area contributed by atoms with Gasteiger partial charge in [0, 0.05) is 16.8 Å². The number of amides is 1. The molecule has 0 spiro atoms. The Labute approximate surface area is 193 Å². The summed E-state index contributed by atoms with van der Waals surface area (Å²) < 4.78 is 27.8. The van der Waals surface area contributed by atoms with E-state index in [1.165, 1.54) is 11.4 Å². The van der Waals surface area contributed by atoms with Crippen LogP contribution in [-0.2, 0) is 27.9 Å². The van der Waals surface area contributed by atoms with E-state index >= 15 is 0 Å². The summed E-state index contributed by atoms with van der Waals surface area (Å²) in [7, 11) is -2.26. The van der Waals surface area contributed by atoms with Crippen molar-refractivity contribution >= 4 is 38.6 Å². The van der Waals surface area contributed by atoms with E-state index in [2.05, 4.69) is 0 Å². The molecule has 0 bridgehead atoms. The molecule has 0 saturated carbocycles. The van der Waals surface area contributed by atoms with Gasteiger partial charge in [0.05, 0.1) is 18.0 Å². The van der Waals surface area contributed by atoms with Crippen molar-refractivity contribution in [2.24, 2.45) is 0 Å². The molecule has 0 fully saturated rings. The van der Waals surface area contributed by atoms with Gasteiger partial charge in [0.2, 0.25) is 15.9 Å². The average Bonchev–Trinajstić information content (AvgIpc) is 3.48. The fourth-order valence-corrected chi connectivity index (χ4v) is 6.19. The van der Waals surface area contributed by atoms with Crippen molar-refractivity contribution in [3.63, 3.8) is 0 Å². The van der Waals surface area contributed by atoms with Crippen LogP contribution in [-0.4, -0.2) is 36.6 Å². The molecule has 0 aliphatic heterocycles. The van der Waals surface area contributed by atoms with Crippen LogP contribution in [0, 0.1) is 0 Å². The van der Waals surface area contributed by atoms with Crippen molar-refractivity contribution < 1.29 is 13.2 Å². The molecule has 1 amide bonds. The second-order valence-corrected chi connectivity index (χ2v) is 11.4. The lowest BCUT2D eigenvalue weighted by molar-refractivity contribution is -0.136. The second kappa shape index (κ2) is 11.0. The average molecular weight is 477 g/mol. The molecule has 166 valence electrons. The van der Waals surface area contributed by atoms with E-state index < -0.39 is 16.1 Å². The van der Waals surface area contributed by atoms with E-state index in [1.807, 2.05) is 41.9 Å². The minimum atomic E-state index is -3.78. The van der Waals surface area contributed by atoms with Crippen molar-refractivity contribution in [1.82, 2.24) is 9.21 Å². The summed E-state index contributed by atoms with van der Waals surface area (Å²) in [5, 5.41) is 3.98. The quantitative estimate of drug-likeness (QED) is 0.381. The number of carbonyl (C=O) groups excluding carboxylic acids is 1. The van der Waals surface area contributed by atoms with E-state index in [0.717, 1.165) is 22.6 Å². The van der Waals surface area contributed by atoms with Gasteiger partial charge in [-0.2, -0.15) is 4.31 Å². The van der Waals surface area contributed by atoms with E-state index in [4.69, 9.17) is 0 Å². The Hall–Kier alpha value is -2.00. The zero-order valence-electron chi connectivity index (χ0n) is 17.8. The molecule has 0 aliphatic rings. The number of nitrogens with zero attached hydrogens (tertiary/aromatic N) is 2. The number of sulfonamides is 1. The molecule has 8 heteroatoms. The number of thiophene rings is 2. The molecule has 0 radical (unpaired) electrons. The highest BCUT2D eigenvalue weighted by Gasteiger charge is 2.35. The zero-order chi connectivity index (χ0) is 22.3. The Morgan fingerprint density at radius 3 is 2.00 bits per heavy atom. The Morgan fingerprint density at radius 2 is 1.52 bits per heavy atom. The largest absolute Gasteiger partial charge is 0.331 e. The summed E-state index contributed by atoms with van der Waals surface area (Å²) in [6, 6.07) is 15.5. The summed E-state index contributed by atoms with van der Waals surface area (Å²) >= 11 is 3.20. The van der Waals surface area contributed by atoms with Gasteiger partial charge in [-0.05, 0) is 41.4 Å². The molecule has 3 aromatic rings. The van der Waals surface area contributed by atoms with Crippen molar-refractivity contribution in [1.29, 1.82) is 0 Å². The van der Waals surface area contributed by atoms with Gasteiger partial charge in [-0.1, -0.05) is 50.1 Å². The van der Waals surface area contributed by atoms with Crippen LogP contribution in [0.1, 0.15) is 35.9 Å². The van der Waals surface area contributed by atoms with E-state index in [9.17, 15) is 13.2 Å². The molecule has 2 aromatic heterocycles. The molecule has 0 N–H and O–H groups in total. The highest BCUT2D eigenvalue weighted by molar-refractivity contribution is 7.89. The Kier molecular flexibility index (Phi) is 8.43. The van der Waals surface area contributed by atoms with Crippen LogP contribution in [0.3, 0.4) is 0 Å². The SMILES string of the molecule is CCCCC(C(=O)N(Cc1cccs1)Cc1cccs1)N(C)S(=O)(=O)c1ccccc1. The minimum Gasteiger partial charge on any atom is -0.331 e. The van der Waals surface area contributed by atoms with Crippen molar-refractivity contribution in [2.45, 2.75) is 50.2 Å². The van der Waals surface area contributed by atoms with Gasteiger partial charge in [-0.3, -0.25) is 4.79 Å². The van der Waals surface area contributed by atoms with Crippen molar-refractivity contribution in [3.8, 4) is 0 Å². The maximum atomic E-state index is 13.8. The molecular formula is C23H28N2O3S3. The van der Waals surface area contributed by atoms with Crippen LogP contribution < -0.4 is 0 Å². The molecule has 1 unspecified atom stereocenters. The molecule has 1 atom stereocenters. The number of likely N-dealkylation sites (N-methyl/N-ethyl adjacent to an activating group) is 1. The van der Waals surface area contributed by atoms with Crippen LogP contribution in [0.2, 0.25) is 0 Å². The molecule has 2 heterocycles. The first kappa shape index (κ1) is 23.7. The lowest BCUT2D eigenvalue weighted by atomic mass is 10.1. The first-order valence-electron chi connectivity index (χ1n) is 10.3. The van der Waals surface area contributed by atoms with Crippen LogP contribution in [0.5, 0.6) is 0 Å². The molecular weight excluding hydrogens is 448 g/mol. The van der Waals surface area contributed by atoms with Gasteiger partial charge in [0.15, 0.2) is 0 Å². The smallest absolute Gasteiger partial charge is 0.243 e. The van der Waals surface area contributed by atoms with Gasteiger partial charge in [0.1, 0.15) is 6.04 Å². The van der Waals surface area contributed by atoms with Crippen molar-refractivity contribution in [2.75, 3.05) is 7.05 Å². The summed E-state index contributed by atoms with van der Waals surface area (Å²) in [5.41, 5.74) is 0. The monoisotopic (exact) mass is 476 g/mol. The highest BCUT2D eigenvalue weighted by atomic mass is 32.2. The van der Waals surface area contributed by atoms with E-state index in [1.54, 1.807) is 57.9 Å². The molecule has 1 aromatic carbocycles. The lowest BCUT2D eigenvalue weighted by Crippen LogP contribution is -2.48. The van der Waals surface area contributed by atoms with Gasteiger partial charge in [-0.15, -0.1) is 22.7 Å². The Bertz CT molecular complexity index is 997. The zero-order valence-corrected chi connectivity index (χ0v) is 20.3. The summed E-state index contributed by atoms with van der Waals surface area (Å²) in [4.78, 5) is 17.9. The minimum absolute atomic E-state index is 0.155. The van der Waals surface area contributed by atoms with E-state index in [-0.39, 0.29) is 10.8 Å². The summed E-state index contributed by atoms with van der Waals surface area (Å²) in [6.45, 7) is 2.98. The third kappa shape index (κ3) is 6.04. The van der Waals surface area contributed by atoms with Crippen LogP contribution >= 0.6 is 22.7 Å². The molecule has 0 saturated heterocycles. The topological polar surface area (TPSA) is 57.7 Å². The molecule has 31 heavy (non-hydrogen) atoms. The predicted octanol–water partition coefficient (Wildman–Crippen LogP) is 5.22. The second-order valence-electron chi connectivity index (χ2n) is 7.35. The van der Waals surface area contributed by atoms with Gasteiger partial charge < -0.3 is 4.90 Å². The number of benzene rings is 1. The van der Waals surface area contributed by atoms with Gasteiger partial charge in [0.25, 0.3) is 0 Å². The predicted molar refractivity (Wildman–Crippen MR) is 128 cm³/mol. The highest BCUT2D eigenvalue weighted by Crippen LogP contribution is 2.24. The first-order chi connectivity index (χ1) is 14.9. The summed E-state index contributed by atoms with van der Waals surface area (Å²) in [5.74, 6) is -0.155. The number of carbonyl (C=O) groups is 1. The van der Waals surface area contributed by atoms with Gasteiger partial charge in [-0.25, -0.2) is 8.42 Å². The van der Waals surface area contributed by atoms with Crippen LogP contribution in [0.15, 0.2) is 70.3 Å². The summed E-state index contributed by atoms with van der Waals surface area (Å²) in [6.07, 6.45) is 2.15. The Morgan fingerprint density at radius 1 is 0.935 bits per heavy atom. The number of unbranched alkanes of at least 4 members (excludes halogenated alkanes) is 1. The first-order valence-corrected chi connectivity index (χ1v) is 13.5. The number of rotatable bonds is 11. The maximum absolute atomic E-state index is 13.8. The van der Waals surface area contributed by atoms with Crippen LogP contribution in [0.25, 0.3) is 0 Å². The Balaban J connectivity index is 1.91. The normalized spacial score (nSPS) is 12.7. The maximum Gasteiger partial charge on any atom is 0.243 e. The molecule has 0 aliphatic carbocycles. The third-order valence-electron chi connectivity index (χ3n) is 5.14. The number of hydrogen-bond donors (Lipinski definition) is 0. The number of hydrogen-bond acceptors (Lipinski definition) is 5. The third-order valence-corrected chi connectivity index (χ3v) is 8.74. The standard InChI is InChI=1S/C23H28N2O3S3/c1-3-4-14-22(24(2)31(27,28)21-12-6-5-7-13-21)23(26)25(17-19-10-8-15-29-19)18-20-11-9-16-30-20/h5-13,15-16,22H,3-4,14,17-18H2,1-2H3. The van der Waals surface area contributed by atoms with E-state index in [0.29, 0.717) is 19.5 Å². The fraction of sp³-hybridized carbons (Fsp3) is 0.348.